The molecular formula is C15H24N4O. The molecule has 2 aliphatic heterocycles. The normalized spacial score (nSPS) is 25.8. The second-order valence-electron chi connectivity index (χ2n) is 5.98. The Balaban J connectivity index is 1.83. The highest BCUT2D eigenvalue weighted by molar-refractivity contribution is 5.81. The minimum absolute atomic E-state index is 0.0290. The number of nitrogens with zero attached hydrogens (tertiary/aromatic N) is 3. The smallest absolute Gasteiger partial charge is 0.245 e. The van der Waals surface area contributed by atoms with Crippen molar-refractivity contribution >= 4 is 5.91 Å². The first-order chi connectivity index (χ1) is 9.72. The average molecular weight is 276 g/mol. The zero-order valence-corrected chi connectivity index (χ0v) is 12.4. The lowest BCUT2D eigenvalue weighted by Crippen LogP contribution is -2.45. The fourth-order valence-corrected chi connectivity index (χ4v) is 3.69. The lowest BCUT2D eigenvalue weighted by atomic mass is 10.0. The maximum Gasteiger partial charge on any atom is 0.245 e. The number of carbonyl (C=O) groups is 1. The van der Waals surface area contributed by atoms with Gasteiger partial charge in [0.15, 0.2) is 0 Å². The third-order valence-corrected chi connectivity index (χ3v) is 4.63. The second-order valence-corrected chi connectivity index (χ2v) is 5.98. The van der Waals surface area contributed by atoms with Crippen molar-refractivity contribution < 1.29 is 4.79 Å². The number of aryl methyl sites for hydroxylation is 2. The van der Waals surface area contributed by atoms with Gasteiger partial charge < -0.3 is 14.8 Å². The van der Waals surface area contributed by atoms with Crippen molar-refractivity contribution in [1.82, 2.24) is 19.8 Å². The number of likely N-dealkylation sites (N-methyl/N-ethyl adjacent to an activating group) is 1. The summed E-state index contributed by atoms with van der Waals surface area (Å²) >= 11 is 0. The van der Waals surface area contributed by atoms with Crippen LogP contribution in [0.5, 0.6) is 0 Å². The summed E-state index contributed by atoms with van der Waals surface area (Å²) in [5, 5.41) is 3.21. The predicted molar refractivity (Wildman–Crippen MR) is 77.6 cm³/mol. The van der Waals surface area contributed by atoms with Crippen LogP contribution in [-0.2, 0) is 11.2 Å². The molecule has 5 nitrogen and oxygen atoms in total. The Hall–Kier alpha value is -1.36. The molecule has 1 aromatic rings. The molecule has 1 saturated heterocycles. The first kappa shape index (κ1) is 13.6. The molecular weight excluding hydrogens is 252 g/mol. The summed E-state index contributed by atoms with van der Waals surface area (Å²) in [6.45, 7) is 3.86. The molecule has 2 unspecified atom stereocenters. The first-order valence-corrected chi connectivity index (χ1v) is 7.70. The van der Waals surface area contributed by atoms with E-state index in [0.29, 0.717) is 11.9 Å². The van der Waals surface area contributed by atoms with Gasteiger partial charge in [-0.15, -0.1) is 0 Å². The largest absolute Gasteiger partial charge is 0.337 e. The zero-order valence-electron chi connectivity index (χ0n) is 12.4. The van der Waals surface area contributed by atoms with Crippen LogP contribution in [0.4, 0.5) is 0 Å². The van der Waals surface area contributed by atoms with Crippen molar-refractivity contribution in [1.29, 1.82) is 0 Å². The maximum absolute atomic E-state index is 12.9. The highest BCUT2D eigenvalue weighted by Gasteiger charge is 2.35. The fraction of sp³-hybridized carbons (Fsp3) is 0.733. The van der Waals surface area contributed by atoms with E-state index < -0.39 is 0 Å². The van der Waals surface area contributed by atoms with E-state index >= 15 is 0 Å². The molecule has 1 N–H and O–H groups in total. The number of fused-ring (bicyclic) bond motifs is 1. The molecule has 3 rings (SSSR count). The van der Waals surface area contributed by atoms with Crippen molar-refractivity contribution in [2.24, 2.45) is 0 Å². The molecule has 0 radical (unpaired) electrons. The van der Waals surface area contributed by atoms with Crippen molar-refractivity contribution in [3.63, 3.8) is 0 Å². The Bertz CT molecular complexity index is 496. The Morgan fingerprint density at radius 2 is 2.30 bits per heavy atom. The molecule has 1 fully saturated rings. The van der Waals surface area contributed by atoms with E-state index in [1.54, 1.807) is 0 Å². The van der Waals surface area contributed by atoms with Crippen LogP contribution in [0.1, 0.15) is 43.2 Å². The predicted octanol–water partition coefficient (Wildman–Crippen LogP) is 1.28. The molecule has 1 aromatic heterocycles. The third kappa shape index (κ3) is 2.24. The second kappa shape index (κ2) is 5.56. The van der Waals surface area contributed by atoms with Crippen LogP contribution in [0, 0.1) is 6.92 Å². The standard InChI is InChI=1S/C15H24N4O/c1-11-9-17-14-7-3-6-13(19(11)14)15(20)18-8-4-5-12(18)10-16-2/h9,12-13,16H,3-8,10H2,1-2H3. The van der Waals surface area contributed by atoms with Crippen molar-refractivity contribution in [2.45, 2.75) is 51.1 Å². The Morgan fingerprint density at radius 1 is 1.45 bits per heavy atom. The minimum atomic E-state index is -0.0290. The van der Waals surface area contributed by atoms with Crippen LogP contribution in [-0.4, -0.2) is 46.5 Å². The molecule has 0 aliphatic carbocycles. The summed E-state index contributed by atoms with van der Waals surface area (Å²) in [6, 6.07) is 0.334. The van der Waals surface area contributed by atoms with Gasteiger partial charge in [-0.1, -0.05) is 0 Å². The molecule has 0 saturated carbocycles. The maximum atomic E-state index is 12.9. The highest BCUT2D eigenvalue weighted by Crippen LogP contribution is 2.30. The van der Waals surface area contributed by atoms with E-state index in [1.165, 1.54) is 0 Å². The van der Waals surface area contributed by atoms with Crippen LogP contribution in [0.15, 0.2) is 6.20 Å². The Morgan fingerprint density at radius 3 is 3.10 bits per heavy atom. The van der Waals surface area contributed by atoms with Crippen LogP contribution in [0.3, 0.4) is 0 Å². The van der Waals surface area contributed by atoms with E-state index in [-0.39, 0.29) is 6.04 Å². The molecule has 0 bridgehead atoms. The van der Waals surface area contributed by atoms with E-state index in [1.807, 2.05) is 13.2 Å². The summed E-state index contributed by atoms with van der Waals surface area (Å²) in [5.41, 5.74) is 1.11. The van der Waals surface area contributed by atoms with Crippen LogP contribution in [0.2, 0.25) is 0 Å². The number of aromatic nitrogens is 2. The van der Waals surface area contributed by atoms with Gasteiger partial charge in [0.05, 0.1) is 0 Å². The summed E-state index contributed by atoms with van der Waals surface area (Å²) in [6.07, 6.45) is 7.16. The number of carbonyl (C=O) groups excluding carboxylic acids is 1. The van der Waals surface area contributed by atoms with Gasteiger partial charge in [0, 0.05) is 37.4 Å². The quantitative estimate of drug-likeness (QED) is 0.905. The van der Waals surface area contributed by atoms with Crippen molar-refractivity contribution in [2.75, 3.05) is 20.1 Å². The molecule has 1 amide bonds. The number of rotatable bonds is 3. The summed E-state index contributed by atoms with van der Waals surface area (Å²) < 4.78 is 2.17. The van der Waals surface area contributed by atoms with E-state index in [9.17, 15) is 4.79 Å². The third-order valence-electron chi connectivity index (χ3n) is 4.63. The number of hydrogen-bond donors (Lipinski definition) is 1. The fourth-order valence-electron chi connectivity index (χ4n) is 3.69. The summed E-state index contributed by atoms with van der Waals surface area (Å²) in [7, 11) is 1.96. The monoisotopic (exact) mass is 276 g/mol. The van der Waals surface area contributed by atoms with Gasteiger partial charge in [-0.2, -0.15) is 0 Å². The summed E-state index contributed by atoms with van der Waals surface area (Å²) in [4.78, 5) is 19.5. The molecule has 5 heteroatoms. The van der Waals surface area contributed by atoms with Crippen LogP contribution < -0.4 is 5.32 Å². The molecule has 110 valence electrons. The van der Waals surface area contributed by atoms with Gasteiger partial charge in [-0.3, -0.25) is 4.79 Å². The van der Waals surface area contributed by atoms with Gasteiger partial charge in [-0.25, -0.2) is 4.98 Å². The van der Waals surface area contributed by atoms with Gasteiger partial charge in [0.25, 0.3) is 0 Å². The van der Waals surface area contributed by atoms with E-state index in [2.05, 4.69) is 26.7 Å². The van der Waals surface area contributed by atoms with Gasteiger partial charge in [0.2, 0.25) is 5.91 Å². The zero-order chi connectivity index (χ0) is 14.1. The van der Waals surface area contributed by atoms with Gasteiger partial charge in [0.1, 0.15) is 11.9 Å². The topological polar surface area (TPSA) is 50.2 Å². The molecule has 0 spiro atoms. The minimum Gasteiger partial charge on any atom is -0.337 e. The van der Waals surface area contributed by atoms with Crippen molar-refractivity contribution in [3.05, 3.63) is 17.7 Å². The number of amides is 1. The number of imidazole rings is 1. The molecule has 2 aliphatic rings. The molecule has 3 heterocycles. The summed E-state index contributed by atoms with van der Waals surface area (Å²) in [5.74, 6) is 1.38. The SMILES string of the molecule is CNCC1CCCN1C(=O)C1CCCc2ncc(C)n21. The molecule has 0 aromatic carbocycles. The Kier molecular flexibility index (Phi) is 3.78. The number of nitrogens with one attached hydrogen (secondary N) is 1. The van der Waals surface area contributed by atoms with Crippen LogP contribution in [0.25, 0.3) is 0 Å². The highest BCUT2D eigenvalue weighted by atomic mass is 16.2. The van der Waals surface area contributed by atoms with E-state index in [0.717, 1.165) is 56.7 Å². The number of likely N-dealkylation sites (tertiary alicyclic amines) is 1. The lowest BCUT2D eigenvalue weighted by Gasteiger charge is -2.32. The average Bonchev–Trinajstić information content (AvgIpc) is 3.06. The van der Waals surface area contributed by atoms with Gasteiger partial charge >= 0.3 is 0 Å². The molecule has 20 heavy (non-hydrogen) atoms. The van der Waals surface area contributed by atoms with Crippen LogP contribution >= 0.6 is 0 Å². The van der Waals surface area contributed by atoms with Crippen molar-refractivity contribution in [3.8, 4) is 0 Å². The first-order valence-electron chi connectivity index (χ1n) is 7.70. The Labute approximate surface area is 120 Å². The van der Waals surface area contributed by atoms with E-state index in [4.69, 9.17) is 0 Å². The molecule has 2 atom stereocenters. The lowest BCUT2D eigenvalue weighted by molar-refractivity contribution is -0.136. The number of hydrogen-bond acceptors (Lipinski definition) is 3. The van der Waals surface area contributed by atoms with Gasteiger partial charge in [-0.05, 0) is 39.7 Å².